The van der Waals surface area contributed by atoms with Gasteiger partial charge in [-0.05, 0) is 42.0 Å². The first kappa shape index (κ1) is 20.3. The molecule has 0 N–H and O–H groups in total. The molecule has 0 aliphatic carbocycles. The molecule has 0 fully saturated rings. The van der Waals surface area contributed by atoms with Gasteiger partial charge in [0.25, 0.3) is 0 Å². The summed E-state index contributed by atoms with van der Waals surface area (Å²) in [6, 6.07) is 9.69. The second-order valence-electron chi connectivity index (χ2n) is 5.30. The molecular weight excluding hydrogens is 368 g/mol. The van der Waals surface area contributed by atoms with Gasteiger partial charge in [-0.15, -0.1) is 0 Å². The van der Waals surface area contributed by atoms with Crippen molar-refractivity contribution in [2.75, 3.05) is 14.2 Å². The third-order valence-corrected chi connectivity index (χ3v) is 3.46. The number of allylic oxidation sites excluding steroid dienone is 1. The van der Waals surface area contributed by atoms with Crippen molar-refractivity contribution in [3.63, 3.8) is 0 Å². The maximum Gasteiger partial charge on any atom is 0.461 e. The van der Waals surface area contributed by atoms with Crippen molar-refractivity contribution in [3.8, 4) is 17.2 Å². The van der Waals surface area contributed by atoms with E-state index in [1.807, 2.05) is 0 Å². The van der Waals surface area contributed by atoms with E-state index in [0.717, 1.165) is 12.1 Å². The second-order valence-corrected chi connectivity index (χ2v) is 5.30. The minimum atomic E-state index is -4.60. The van der Waals surface area contributed by atoms with E-state index < -0.39 is 18.3 Å². The highest BCUT2D eigenvalue weighted by Crippen LogP contribution is 2.29. The predicted octanol–water partition coefficient (Wildman–Crippen LogP) is 4.84. The van der Waals surface area contributed by atoms with Gasteiger partial charge in [0.15, 0.2) is 17.3 Å². The van der Waals surface area contributed by atoms with Crippen LogP contribution >= 0.6 is 0 Å². The zero-order chi connectivity index (χ0) is 20.0. The Morgan fingerprint density at radius 1 is 1.04 bits per heavy atom. The van der Waals surface area contributed by atoms with Gasteiger partial charge in [0.1, 0.15) is 5.75 Å². The monoisotopic (exact) mass is 384 g/mol. The lowest BCUT2D eigenvalue weighted by molar-refractivity contribution is -0.253. The highest BCUT2D eigenvalue weighted by molar-refractivity contribution is 6.07. The fourth-order valence-electron chi connectivity index (χ4n) is 2.14. The molecule has 2 aromatic rings. The first-order valence-corrected chi connectivity index (χ1v) is 7.66. The van der Waals surface area contributed by atoms with Gasteiger partial charge in [-0.2, -0.15) is 17.6 Å². The minimum Gasteiger partial charge on any atom is -0.493 e. The van der Waals surface area contributed by atoms with Crippen molar-refractivity contribution < 1.29 is 36.6 Å². The van der Waals surface area contributed by atoms with Crippen LogP contribution in [0, 0.1) is 0 Å². The summed E-state index contributed by atoms with van der Waals surface area (Å²) >= 11 is 0. The molecular formula is C19H16F4O4. The molecule has 27 heavy (non-hydrogen) atoms. The van der Waals surface area contributed by atoms with E-state index in [4.69, 9.17) is 9.47 Å². The van der Waals surface area contributed by atoms with E-state index >= 15 is 0 Å². The summed E-state index contributed by atoms with van der Waals surface area (Å²) in [7, 11) is 2.90. The average Bonchev–Trinajstić information content (AvgIpc) is 2.65. The largest absolute Gasteiger partial charge is 0.493 e. The van der Waals surface area contributed by atoms with Gasteiger partial charge < -0.3 is 14.2 Å². The number of halogens is 4. The van der Waals surface area contributed by atoms with Gasteiger partial charge in [0, 0.05) is 5.56 Å². The smallest absolute Gasteiger partial charge is 0.461 e. The summed E-state index contributed by atoms with van der Waals surface area (Å²) in [6.07, 6.45) is -5.99. The summed E-state index contributed by atoms with van der Waals surface area (Å²) in [5.41, 5.74) is 0.645. The van der Waals surface area contributed by atoms with Crippen molar-refractivity contribution in [1.29, 1.82) is 0 Å². The number of carbonyl (C=O) groups is 1. The van der Waals surface area contributed by atoms with Gasteiger partial charge in [0.05, 0.1) is 14.2 Å². The van der Waals surface area contributed by atoms with E-state index in [9.17, 15) is 22.4 Å². The standard InChI is InChI=1S/C19H16F4O4/c1-25-16-9-7-13(11-17(16)26-2)15(24)8-6-12-4-3-5-14(10-12)27-19(22,23)18(20)21/h3-11,18H,1-2H3/b8-6+. The maximum absolute atomic E-state index is 13.0. The molecule has 0 aliphatic rings. The van der Waals surface area contributed by atoms with Crippen LogP contribution in [0.25, 0.3) is 6.08 Å². The first-order chi connectivity index (χ1) is 12.8. The van der Waals surface area contributed by atoms with Gasteiger partial charge in [-0.3, -0.25) is 4.79 Å². The Morgan fingerprint density at radius 3 is 2.37 bits per heavy atom. The Hall–Kier alpha value is -3.03. The average molecular weight is 384 g/mol. The summed E-state index contributed by atoms with van der Waals surface area (Å²) in [5, 5.41) is 0. The van der Waals surface area contributed by atoms with Crippen molar-refractivity contribution in [2.45, 2.75) is 12.5 Å². The highest BCUT2D eigenvalue weighted by Gasteiger charge is 2.43. The SMILES string of the molecule is COc1ccc(C(=O)/C=C/c2cccc(OC(F)(F)C(F)F)c2)cc1OC. The third-order valence-electron chi connectivity index (χ3n) is 3.46. The first-order valence-electron chi connectivity index (χ1n) is 7.66. The number of ether oxygens (including phenoxy) is 3. The molecule has 0 bridgehead atoms. The molecule has 144 valence electrons. The molecule has 0 saturated heterocycles. The summed E-state index contributed by atoms with van der Waals surface area (Å²) in [6.45, 7) is 0. The summed E-state index contributed by atoms with van der Waals surface area (Å²) in [5.74, 6) is 0.0189. The number of alkyl halides is 4. The van der Waals surface area contributed by atoms with Crippen LogP contribution in [0.1, 0.15) is 15.9 Å². The second kappa shape index (κ2) is 8.57. The lowest BCUT2D eigenvalue weighted by Crippen LogP contribution is -2.33. The predicted molar refractivity (Wildman–Crippen MR) is 90.9 cm³/mol. The number of benzene rings is 2. The van der Waals surface area contributed by atoms with Crippen molar-refractivity contribution >= 4 is 11.9 Å². The fraction of sp³-hybridized carbons (Fsp3) is 0.211. The van der Waals surface area contributed by atoms with Crippen LogP contribution < -0.4 is 14.2 Å². The number of ketones is 1. The Bertz CT molecular complexity index is 834. The molecule has 8 heteroatoms. The molecule has 0 atom stereocenters. The van der Waals surface area contributed by atoms with Crippen molar-refractivity contribution in [3.05, 3.63) is 59.7 Å². The molecule has 4 nitrogen and oxygen atoms in total. The molecule has 2 rings (SSSR count). The fourth-order valence-corrected chi connectivity index (χ4v) is 2.14. The third kappa shape index (κ3) is 5.22. The Balaban J connectivity index is 2.16. The van der Waals surface area contributed by atoms with Gasteiger partial charge in [-0.1, -0.05) is 18.2 Å². The van der Waals surface area contributed by atoms with E-state index in [2.05, 4.69) is 4.74 Å². The zero-order valence-electron chi connectivity index (χ0n) is 14.4. The summed E-state index contributed by atoms with van der Waals surface area (Å²) < 4.78 is 64.6. The van der Waals surface area contributed by atoms with Gasteiger partial charge >= 0.3 is 12.5 Å². The van der Waals surface area contributed by atoms with E-state index in [-0.39, 0.29) is 5.78 Å². The zero-order valence-corrected chi connectivity index (χ0v) is 14.4. The van der Waals surface area contributed by atoms with E-state index in [0.29, 0.717) is 22.6 Å². The number of carbonyl (C=O) groups excluding carboxylic acids is 1. The molecule has 0 saturated carbocycles. The van der Waals surface area contributed by atoms with Crippen LogP contribution in [0.2, 0.25) is 0 Å². The van der Waals surface area contributed by atoms with Gasteiger partial charge in [0.2, 0.25) is 0 Å². The molecule has 0 aromatic heterocycles. The van der Waals surface area contributed by atoms with Crippen LogP contribution in [-0.4, -0.2) is 32.5 Å². The lowest BCUT2D eigenvalue weighted by Gasteiger charge is -2.16. The number of hydrogen-bond donors (Lipinski definition) is 0. The van der Waals surface area contributed by atoms with Crippen LogP contribution in [0.5, 0.6) is 17.2 Å². The molecule has 0 aliphatic heterocycles. The molecule has 0 heterocycles. The van der Waals surface area contributed by atoms with E-state index in [1.165, 1.54) is 50.6 Å². The number of methoxy groups -OCH3 is 2. The molecule has 0 spiro atoms. The number of hydrogen-bond acceptors (Lipinski definition) is 4. The Morgan fingerprint density at radius 2 is 1.74 bits per heavy atom. The summed E-state index contributed by atoms with van der Waals surface area (Å²) in [4.78, 5) is 12.3. The highest BCUT2D eigenvalue weighted by atomic mass is 19.3. The van der Waals surface area contributed by atoms with Crippen molar-refractivity contribution in [2.24, 2.45) is 0 Å². The maximum atomic E-state index is 13.0. The topological polar surface area (TPSA) is 44.8 Å². The molecule has 0 radical (unpaired) electrons. The lowest BCUT2D eigenvalue weighted by atomic mass is 10.1. The normalized spacial score (nSPS) is 11.7. The Kier molecular flexibility index (Phi) is 6.44. The molecule has 0 unspecified atom stereocenters. The van der Waals surface area contributed by atoms with Crippen LogP contribution in [0.3, 0.4) is 0 Å². The number of rotatable bonds is 8. The van der Waals surface area contributed by atoms with Crippen LogP contribution in [-0.2, 0) is 0 Å². The molecule has 2 aromatic carbocycles. The van der Waals surface area contributed by atoms with Gasteiger partial charge in [-0.25, -0.2) is 0 Å². The Labute approximate surface area is 153 Å². The van der Waals surface area contributed by atoms with Crippen LogP contribution in [0.15, 0.2) is 48.5 Å². The van der Waals surface area contributed by atoms with Crippen LogP contribution in [0.4, 0.5) is 17.6 Å². The quantitative estimate of drug-likeness (QED) is 0.371. The minimum absolute atomic E-state index is 0.320. The van der Waals surface area contributed by atoms with Crippen molar-refractivity contribution in [1.82, 2.24) is 0 Å². The van der Waals surface area contributed by atoms with E-state index in [1.54, 1.807) is 6.07 Å². The molecule has 0 amide bonds.